The highest BCUT2D eigenvalue weighted by Gasteiger charge is 2.31. The molecule has 5 heteroatoms. The van der Waals surface area contributed by atoms with Gasteiger partial charge in [0, 0.05) is 19.3 Å². The van der Waals surface area contributed by atoms with E-state index in [0.717, 1.165) is 5.92 Å². The standard InChI is InChI=1S/C12H17N3O2/c1-7-10(11(16)17)6-13-12(14-7)15(3)8(2)9-4-5-9/h6,8-9H,4-5H2,1-3H3,(H,16,17). The lowest BCUT2D eigenvalue weighted by Gasteiger charge is -2.25. The summed E-state index contributed by atoms with van der Waals surface area (Å²) in [6, 6.07) is 0.407. The number of hydrogen-bond acceptors (Lipinski definition) is 4. The number of nitrogens with zero attached hydrogens (tertiary/aromatic N) is 3. The van der Waals surface area contributed by atoms with Crippen LogP contribution >= 0.6 is 0 Å². The number of carboxylic acid groups (broad SMARTS) is 1. The minimum Gasteiger partial charge on any atom is -0.478 e. The Morgan fingerprint density at radius 3 is 2.71 bits per heavy atom. The Hall–Kier alpha value is -1.65. The first-order valence-electron chi connectivity index (χ1n) is 5.80. The first kappa shape index (κ1) is 11.8. The predicted octanol–water partition coefficient (Wildman–Crippen LogP) is 1.72. The van der Waals surface area contributed by atoms with Gasteiger partial charge in [-0.05, 0) is 32.6 Å². The van der Waals surface area contributed by atoms with E-state index in [4.69, 9.17) is 5.11 Å². The maximum Gasteiger partial charge on any atom is 0.339 e. The zero-order chi connectivity index (χ0) is 12.6. The van der Waals surface area contributed by atoms with Gasteiger partial charge in [-0.3, -0.25) is 0 Å². The summed E-state index contributed by atoms with van der Waals surface area (Å²) in [5.74, 6) is 0.349. The molecule has 0 spiro atoms. The van der Waals surface area contributed by atoms with Crippen molar-refractivity contribution >= 4 is 11.9 Å². The number of aromatic carboxylic acids is 1. The molecule has 2 rings (SSSR count). The third-order valence-corrected chi connectivity index (χ3v) is 3.43. The van der Waals surface area contributed by atoms with Gasteiger partial charge < -0.3 is 10.0 Å². The summed E-state index contributed by atoms with van der Waals surface area (Å²) in [7, 11) is 1.96. The molecule has 0 amide bonds. The van der Waals surface area contributed by atoms with Crippen LogP contribution in [0.1, 0.15) is 35.8 Å². The van der Waals surface area contributed by atoms with Crippen molar-refractivity contribution in [2.24, 2.45) is 5.92 Å². The maximum absolute atomic E-state index is 10.9. The van der Waals surface area contributed by atoms with Crippen molar-refractivity contribution in [1.82, 2.24) is 9.97 Å². The van der Waals surface area contributed by atoms with Crippen LogP contribution in [0.4, 0.5) is 5.95 Å². The van der Waals surface area contributed by atoms with Crippen molar-refractivity contribution in [3.8, 4) is 0 Å². The van der Waals surface area contributed by atoms with E-state index in [2.05, 4.69) is 16.9 Å². The van der Waals surface area contributed by atoms with Crippen LogP contribution in [0.5, 0.6) is 0 Å². The third kappa shape index (κ3) is 2.38. The van der Waals surface area contributed by atoms with E-state index >= 15 is 0 Å². The largest absolute Gasteiger partial charge is 0.478 e. The number of carboxylic acids is 1. The number of aryl methyl sites for hydroxylation is 1. The summed E-state index contributed by atoms with van der Waals surface area (Å²) in [6.07, 6.45) is 3.91. The molecular formula is C12H17N3O2. The van der Waals surface area contributed by atoms with Crippen LogP contribution in [-0.2, 0) is 0 Å². The maximum atomic E-state index is 10.9. The van der Waals surface area contributed by atoms with Gasteiger partial charge in [-0.2, -0.15) is 0 Å². The minimum absolute atomic E-state index is 0.168. The monoisotopic (exact) mass is 235 g/mol. The zero-order valence-corrected chi connectivity index (χ0v) is 10.3. The average molecular weight is 235 g/mol. The molecule has 0 bridgehead atoms. The highest BCUT2D eigenvalue weighted by atomic mass is 16.4. The van der Waals surface area contributed by atoms with Crippen LogP contribution < -0.4 is 4.90 Å². The Morgan fingerprint density at radius 1 is 1.59 bits per heavy atom. The number of rotatable bonds is 4. The number of anilines is 1. The highest BCUT2D eigenvalue weighted by molar-refractivity contribution is 5.88. The lowest BCUT2D eigenvalue weighted by molar-refractivity contribution is 0.0695. The second-order valence-electron chi connectivity index (χ2n) is 4.66. The fourth-order valence-corrected chi connectivity index (χ4v) is 1.91. The van der Waals surface area contributed by atoms with Crippen LogP contribution in [0.15, 0.2) is 6.20 Å². The first-order chi connectivity index (χ1) is 8.00. The fraction of sp³-hybridized carbons (Fsp3) is 0.583. The molecule has 1 heterocycles. The summed E-state index contributed by atoms with van der Waals surface area (Å²) in [5, 5.41) is 8.91. The van der Waals surface area contributed by atoms with Gasteiger partial charge in [0.1, 0.15) is 0 Å². The Morgan fingerprint density at radius 2 is 2.24 bits per heavy atom. The van der Waals surface area contributed by atoms with Gasteiger partial charge >= 0.3 is 5.97 Å². The van der Waals surface area contributed by atoms with Gasteiger partial charge in [0.15, 0.2) is 0 Å². The summed E-state index contributed by atoms with van der Waals surface area (Å²) >= 11 is 0. The van der Waals surface area contributed by atoms with Crippen molar-refractivity contribution in [2.45, 2.75) is 32.7 Å². The predicted molar refractivity (Wildman–Crippen MR) is 64.3 cm³/mol. The molecule has 0 aromatic carbocycles. The SMILES string of the molecule is Cc1nc(N(C)C(C)C2CC2)ncc1C(=O)O. The van der Waals surface area contributed by atoms with E-state index in [1.54, 1.807) is 6.92 Å². The Kier molecular flexibility index (Phi) is 3.00. The summed E-state index contributed by atoms with van der Waals surface area (Å²) in [4.78, 5) is 21.3. The van der Waals surface area contributed by atoms with Crippen LogP contribution in [0, 0.1) is 12.8 Å². The van der Waals surface area contributed by atoms with Crippen LogP contribution in [0.2, 0.25) is 0 Å². The van der Waals surface area contributed by atoms with Crippen molar-refractivity contribution in [2.75, 3.05) is 11.9 Å². The molecule has 92 valence electrons. The average Bonchev–Trinajstić information content (AvgIpc) is 3.10. The third-order valence-electron chi connectivity index (χ3n) is 3.43. The molecule has 0 aliphatic heterocycles. The molecule has 1 fully saturated rings. The van der Waals surface area contributed by atoms with E-state index in [9.17, 15) is 4.79 Å². The molecular weight excluding hydrogens is 218 g/mol. The quantitative estimate of drug-likeness (QED) is 0.860. The van der Waals surface area contributed by atoms with Gasteiger partial charge in [-0.15, -0.1) is 0 Å². The second kappa shape index (κ2) is 4.31. The van der Waals surface area contributed by atoms with Crippen molar-refractivity contribution in [3.05, 3.63) is 17.5 Å². The number of aromatic nitrogens is 2. The van der Waals surface area contributed by atoms with Crippen LogP contribution in [-0.4, -0.2) is 34.1 Å². The zero-order valence-electron chi connectivity index (χ0n) is 10.3. The molecule has 17 heavy (non-hydrogen) atoms. The van der Waals surface area contributed by atoms with E-state index in [1.807, 2.05) is 11.9 Å². The minimum atomic E-state index is -0.980. The van der Waals surface area contributed by atoms with Gasteiger partial charge in [0.2, 0.25) is 5.95 Å². The van der Waals surface area contributed by atoms with Gasteiger partial charge in [-0.25, -0.2) is 14.8 Å². The Balaban J connectivity index is 2.21. The van der Waals surface area contributed by atoms with Crippen molar-refractivity contribution < 1.29 is 9.90 Å². The topological polar surface area (TPSA) is 66.3 Å². The summed E-state index contributed by atoms with van der Waals surface area (Å²) in [5.41, 5.74) is 0.679. The smallest absolute Gasteiger partial charge is 0.339 e. The molecule has 5 nitrogen and oxygen atoms in total. The fourth-order valence-electron chi connectivity index (χ4n) is 1.91. The molecule has 1 N–H and O–H groups in total. The normalized spacial score (nSPS) is 16.6. The molecule has 1 aromatic heterocycles. The number of carbonyl (C=O) groups is 1. The molecule has 0 saturated heterocycles. The van der Waals surface area contributed by atoms with Gasteiger partial charge in [0.25, 0.3) is 0 Å². The van der Waals surface area contributed by atoms with E-state index < -0.39 is 5.97 Å². The lowest BCUT2D eigenvalue weighted by atomic mass is 10.2. The highest BCUT2D eigenvalue weighted by Crippen LogP contribution is 2.35. The first-order valence-corrected chi connectivity index (χ1v) is 5.80. The van der Waals surface area contributed by atoms with Gasteiger partial charge in [0.05, 0.1) is 11.3 Å². The van der Waals surface area contributed by atoms with Crippen molar-refractivity contribution in [3.63, 3.8) is 0 Å². The van der Waals surface area contributed by atoms with Crippen LogP contribution in [0.3, 0.4) is 0 Å². The second-order valence-corrected chi connectivity index (χ2v) is 4.66. The van der Waals surface area contributed by atoms with E-state index in [1.165, 1.54) is 19.0 Å². The molecule has 1 aromatic rings. The molecule has 1 aliphatic carbocycles. The van der Waals surface area contributed by atoms with E-state index in [0.29, 0.717) is 17.7 Å². The molecule has 0 radical (unpaired) electrons. The molecule has 1 unspecified atom stereocenters. The number of hydrogen-bond donors (Lipinski definition) is 1. The summed E-state index contributed by atoms with van der Waals surface area (Å²) < 4.78 is 0. The molecule has 1 aliphatic rings. The van der Waals surface area contributed by atoms with Crippen molar-refractivity contribution in [1.29, 1.82) is 0 Å². The van der Waals surface area contributed by atoms with E-state index in [-0.39, 0.29) is 5.56 Å². The molecule has 1 atom stereocenters. The Labute approximate surface area is 100 Å². The summed E-state index contributed by atoms with van der Waals surface area (Å²) in [6.45, 7) is 3.85. The van der Waals surface area contributed by atoms with Crippen LogP contribution in [0.25, 0.3) is 0 Å². The molecule has 1 saturated carbocycles. The lowest BCUT2D eigenvalue weighted by Crippen LogP contribution is -2.32. The van der Waals surface area contributed by atoms with Gasteiger partial charge in [-0.1, -0.05) is 0 Å². The Bertz CT molecular complexity index is 443.